The molecule has 2 amide bonds. The molecule has 0 radical (unpaired) electrons. The number of hydrogen-bond acceptors (Lipinski definition) is 5. The van der Waals surface area contributed by atoms with Crippen molar-refractivity contribution in [1.82, 2.24) is 10.2 Å². The lowest BCUT2D eigenvalue weighted by Gasteiger charge is -2.34. The van der Waals surface area contributed by atoms with Crippen LogP contribution in [0.4, 0.5) is 4.39 Å². The van der Waals surface area contributed by atoms with Crippen molar-refractivity contribution < 1.29 is 23.5 Å². The zero-order chi connectivity index (χ0) is 26.2. The Morgan fingerprint density at radius 2 is 1.78 bits per heavy atom. The summed E-state index contributed by atoms with van der Waals surface area (Å²) in [5, 5.41) is 5.13. The van der Waals surface area contributed by atoms with Crippen LogP contribution in [0.5, 0.6) is 11.5 Å². The third-order valence-corrected chi connectivity index (χ3v) is 7.61. The van der Waals surface area contributed by atoms with Crippen molar-refractivity contribution in [2.75, 3.05) is 14.2 Å². The van der Waals surface area contributed by atoms with E-state index in [4.69, 9.17) is 9.47 Å². The summed E-state index contributed by atoms with van der Waals surface area (Å²) in [7, 11) is 3.06. The molecule has 1 fully saturated rings. The van der Waals surface area contributed by atoms with Crippen molar-refractivity contribution >= 4 is 23.2 Å². The fourth-order valence-corrected chi connectivity index (χ4v) is 5.57. The Hall–Kier alpha value is -3.39. The average Bonchev–Trinajstić information content (AvgIpc) is 3.42. The molecular weight excluding hydrogens is 491 g/mol. The molecule has 1 aliphatic carbocycles. The number of carbonyl (C=O) groups is 2. The highest BCUT2D eigenvalue weighted by molar-refractivity contribution is 7.10. The summed E-state index contributed by atoms with van der Waals surface area (Å²) in [6, 6.07) is 14.2. The number of carbonyl (C=O) groups excluding carboxylic acids is 2. The van der Waals surface area contributed by atoms with Gasteiger partial charge in [-0.1, -0.05) is 49.6 Å². The highest BCUT2D eigenvalue weighted by atomic mass is 32.1. The summed E-state index contributed by atoms with van der Waals surface area (Å²) in [6.45, 7) is 0.133. The summed E-state index contributed by atoms with van der Waals surface area (Å²) >= 11 is 1.49. The fourth-order valence-electron chi connectivity index (χ4n) is 4.88. The Morgan fingerprint density at radius 3 is 2.43 bits per heavy atom. The van der Waals surface area contributed by atoms with Crippen LogP contribution in [0.3, 0.4) is 0 Å². The van der Waals surface area contributed by atoms with Crippen LogP contribution in [0.25, 0.3) is 0 Å². The Morgan fingerprint density at radius 1 is 1.03 bits per heavy atom. The largest absolute Gasteiger partial charge is 0.493 e. The quantitative estimate of drug-likeness (QED) is 0.371. The zero-order valence-corrected chi connectivity index (χ0v) is 22.1. The lowest BCUT2D eigenvalue weighted by molar-refractivity contribution is -0.141. The molecule has 2 aromatic carbocycles. The van der Waals surface area contributed by atoms with Crippen LogP contribution in [0, 0.1) is 5.82 Å². The van der Waals surface area contributed by atoms with Crippen molar-refractivity contribution in [2.45, 2.75) is 57.2 Å². The topological polar surface area (TPSA) is 67.9 Å². The first kappa shape index (κ1) is 26.7. The first-order valence-corrected chi connectivity index (χ1v) is 13.5. The van der Waals surface area contributed by atoms with E-state index in [0.717, 1.165) is 42.5 Å². The van der Waals surface area contributed by atoms with Crippen molar-refractivity contribution in [3.05, 3.63) is 81.8 Å². The van der Waals surface area contributed by atoms with Crippen LogP contribution in [-0.2, 0) is 22.6 Å². The van der Waals surface area contributed by atoms with Gasteiger partial charge in [-0.2, -0.15) is 0 Å². The van der Waals surface area contributed by atoms with Gasteiger partial charge in [0.15, 0.2) is 11.5 Å². The van der Waals surface area contributed by atoms with Crippen molar-refractivity contribution in [2.24, 2.45) is 0 Å². The van der Waals surface area contributed by atoms with Gasteiger partial charge in [-0.05, 0) is 48.1 Å². The van der Waals surface area contributed by atoms with Crippen LogP contribution < -0.4 is 14.8 Å². The van der Waals surface area contributed by atoms with Gasteiger partial charge in [0, 0.05) is 23.0 Å². The third kappa shape index (κ3) is 6.68. The smallest absolute Gasteiger partial charge is 0.247 e. The van der Waals surface area contributed by atoms with E-state index >= 15 is 0 Å². The highest BCUT2D eigenvalue weighted by Gasteiger charge is 2.35. The van der Waals surface area contributed by atoms with Gasteiger partial charge in [-0.3, -0.25) is 9.59 Å². The Kier molecular flexibility index (Phi) is 9.17. The maximum Gasteiger partial charge on any atom is 0.247 e. The van der Waals surface area contributed by atoms with Gasteiger partial charge in [0.1, 0.15) is 11.9 Å². The number of para-hydroxylation sites is 1. The summed E-state index contributed by atoms with van der Waals surface area (Å²) in [6.07, 6.45) is 5.26. The van der Waals surface area contributed by atoms with E-state index < -0.39 is 6.04 Å². The lowest BCUT2D eigenvalue weighted by atomic mass is 9.94. The lowest BCUT2D eigenvalue weighted by Crippen LogP contribution is -2.47. The second-order valence-electron chi connectivity index (χ2n) is 9.23. The summed E-state index contributed by atoms with van der Waals surface area (Å²) < 4.78 is 24.9. The molecule has 0 spiro atoms. The molecule has 0 bridgehead atoms. The number of nitrogens with one attached hydrogen (secondary N) is 1. The van der Waals surface area contributed by atoms with E-state index in [-0.39, 0.29) is 36.6 Å². The van der Waals surface area contributed by atoms with Crippen molar-refractivity contribution in [3.63, 3.8) is 0 Å². The van der Waals surface area contributed by atoms with Crippen LogP contribution in [0.15, 0.2) is 60.0 Å². The molecule has 1 unspecified atom stereocenters. The van der Waals surface area contributed by atoms with Crippen molar-refractivity contribution in [3.8, 4) is 11.5 Å². The molecule has 1 N–H and O–H groups in total. The molecule has 6 nitrogen and oxygen atoms in total. The SMILES string of the molecule is COc1cccc(C(C(=O)NC2CCCCC2)N(Cc2ccc(F)cc2)C(=O)Cc2cccs2)c1OC. The molecule has 8 heteroatoms. The van der Waals surface area contributed by atoms with E-state index in [2.05, 4.69) is 5.32 Å². The fraction of sp³-hybridized carbons (Fsp3) is 0.379. The van der Waals surface area contributed by atoms with E-state index in [1.165, 1.54) is 37.7 Å². The van der Waals surface area contributed by atoms with Gasteiger partial charge in [0.05, 0.1) is 20.6 Å². The van der Waals surface area contributed by atoms with Crippen LogP contribution in [0.2, 0.25) is 0 Å². The third-order valence-electron chi connectivity index (χ3n) is 6.73. The van der Waals surface area contributed by atoms with Crippen LogP contribution in [-0.4, -0.2) is 37.0 Å². The molecule has 1 aliphatic rings. The van der Waals surface area contributed by atoms with Gasteiger partial charge in [0.2, 0.25) is 11.8 Å². The molecule has 1 aromatic heterocycles. The number of amides is 2. The standard InChI is InChI=1S/C29H33FN2O4S/c1-35-25-12-6-11-24(28(25)36-2)27(29(34)31-22-8-4-3-5-9-22)32(19-20-13-15-21(30)16-14-20)26(33)18-23-10-7-17-37-23/h6-7,10-17,22,27H,3-5,8-9,18-19H2,1-2H3,(H,31,34). The minimum absolute atomic E-state index is 0.0559. The van der Waals surface area contributed by atoms with Crippen LogP contribution in [0.1, 0.15) is 54.1 Å². The molecular formula is C29H33FN2O4S. The van der Waals surface area contributed by atoms with Gasteiger partial charge < -0.3 is 19.7 Å². The molecule has 1 atom stereocenters. The number of ether oxygens (including phenoxy) is 2. The first-order valence-electron chi connectivity index (χ1n) is 12.6. The number of rotatable bonds is 10. The molecule has 1 heterocycles. The maximum absolute atomic E-state index is 14.0. The van der Waals surface area contributed by atoms with E-state index in [0.29, 0.717) is 17.1 Å². The first-order chi connectivity index (χ1) is 18.0. The minimum Gasteiger partial charge on any atom is -0.493 e. The van der Waals surface area contributed by atoms with Gasteiger partial charge in [-0.25, -0.2) is 4.39 Å². The molecule has 4 rings (SSSR count). The van der Waals surface area contributed by atoms with Gasteiger partial charge in [0.25, 0.3) is 0 Å². The number of benzene rings is 2. The van der Waals surface area contributed by atoms with Crippen LogP contribution >= 0.6 is 11.3 Å². The molecule has 0 saturated heterocycles. The van der Waals surface area contributed by atoms with Crippen molar-refractivity contribution in [1.29, 1.82) is 0 Å². The predicted octanol–water partition coefficient (Wildman–Crippen LogP) is 5.67. The Bertz CT molecular complexity index is 1180. The second-order valence-corrected chi connectivity index (χ2v) is 10.3. The molecule has 37 heavy (non-hydrogen) atoms. The highest BCUT2D eigenvalue weighted by Crippen LogP contribution is 2.38. The van der Waals surface area contributed by atoms with E-state index in [1.807, 2.05) is 17.5 Å². The van der Waals surface area contributed by atoms with Gasteiger partial charge >= 0.3 is 0 Å². The Labute approximate surface area is 221 Å². The molecule has 1 saturated carbocycles. The monoisotopic (exact) mass is 524 g/mol. The second kappa shape index (κ2) is 12.7. The minimum atomic E-state index is -0.968. The summed E-state index contributed by atoms with van der Waals surface area (Å²) in [5.74, 6) is 0.0477. The number of thiophene rings is 1. The number of hydrogen-bond donors (Lipinski definition) is 1. The van der Waals surface area contributed by atoms with E-state index in [9.17, 15) is 14.0 Å². The molecule has 0 aliphatic heterocycles. The molecule has 3 aromatic rings. The Balaban J connectivity index is 1.77. The van der Waals surface area contributed by atoms with Gasteiger partial charge in [-0.15, -0.1) is 11.3 Å². The van der Waals surface area contributed by atoms with E-state index in [1.54, 1.807) is 35.2 Å². The number of nitrogens with zero attached hydrogens (tertiary/aromatic N) is 1. The maximum atomic E-state index is 14.0. The summed E-state index contributed by atoms with van der Waals surface area (Å²) in [4.78, 5) is 30.3. The number of halogens is 1. The summed E-state index contributed by atoms with van der Waals surface area (Å²) in [5.41, 5.74) is 1.26. The molecule has 196 valence electrons. The zero-order valence-electron chi connectivity index (χ0n) is 21.2. The normalized spacial score (nSPS) is 14.6. The average molecular weight is 525 g/mol. The predicted molar refractivity (Wildman–Crippen MR) is 142 cm³/mol. The number of methoxy groups -OCH3 is 2.